The SMILES string of the molecule is CCCNC(c1ccoc1)c1ccccc1Br. The van der Waals surface area contributed by atoms with E-state index in [1.807, 2.05) is 12.1 Å². The van der Waals surface area contributed by atoms with Gasteiger partial charge in [0.1, 0.15) is 0 Å². The highest BCUT2D eigenvalue weighted by molar-refractivity contribution is 9.10. The molecular formula is C14H16BrNO. The van der Waals surface area contributed by atoms with Crippen molar-refractivity contribution in [2.45, 2.75) is 19.4 Å². The van der Waals surface area contributed by atoms with Crippen molar-refractivity contribution < 1.29 is 4.42 Å². The number of rotatable bonds is 5. The van der Waals surface area contributed by atoms with Gasteiger partial charge >= 0.3 is 0 Å². The van der Waals surface area contributed by atoms with Crippen molar-refractivity contribution in [2.75, 3.05) is 6.54 Å². The Morgan fingerprint density at radius 1 is 1.29 bits per heavy atom. The molecule has 0 saturated carbocycles. The fourth-order valence-corrected chi connectivity index (χ4v) is 2.36. The summed E-state index contributed by atoms with van der Waals surface area (Å²) in [6, 6.07) is 10.5. The van der Waals surface area contributed by atoms with Gasteiger partial charge in [0.15, 0.2) is 0 Å². The summed E-state index contributed by atoms with van der Waals surface area (Å²) in [5.74, 6) is 0. The smallest absolute Gasteiger partial charge is 0.0953 e. The Morgan fingerprint density at radius 2 is 2.12 bits per heavy atom. The first-order chi connectivity index (χ1) is 8.33. The first-order valence-electron chi connectivity index (χ1n) is 5.83. The summed E-state index contributed by atoms with van der Waals surface area (Å²) in [5, 5.41) is 3.54. The monoisotopic (exact) mass is 293 g/mol. The number of benzene rings is 1. The van der Waals surface area contributed by atoms with Gasteiger partial charge in [-0.1, -0.05) is 41.1 Å². The molecule has 0 spiro atoms. The molecule has 0 bridgehead atoms. The molecule has 0 fully saturated rings. The zero-order chi connectivity index (χ0) is 12.1. The number of nitrogens with one attached hydrogen (secondary N) is 1. The zero-order valence-electron chi connectivity index (χ0n) is 9.82. The molecule has 1 aromatic heterocycles. The largest absolute Gasteiger partial charge is 0.472 e. The second kappa shape index (κ2) is 6.03. The molecule has 1 unspecified atom stereocenters. The van der Waals surface area contributed by atoms with Gasteiger partial charge in [-0.2, -0.15) is 0 Å². The molecule has 1 N–H and O–H groups in total. The minimum Gasteiger partial charge on any atom is -0.472 e. The predicted octanol–water partition coefficient (Wildman–Crippen LogP) is 4.13. The lowest BCUT2D eigenvalue weighted by Gasteiger charge is -2.18. The third-order valence-corrected chi connectivity index (χ3v) is 3.41. The van der Waals surface area contributed by atoms with Crippen LogP contribution < -0.4 is 5.32 Å². The average Bonchev–Trinajstić information content (AvgIpc) is 2.85. The highest BCUT2D eigenvalue weighted by atomic mass is 79.9. The van der Waals surface area contributed by atoms with E-state index in [-0.39, 0.29) is 6.04 Å². The molecule has 0 aliphatic rings. The van der Waals surface area contributed by atoms with Crippen LogP contribution in [0.3, 0.4) is 0 Å². The standard InChI is InChI=1S/C14H16BrNO/c1-2-8-16-14(11-7-9-17-10-11)12-5-3-4-6-13(12)15/h3-7,9-10,14,16H,2,8H2,1H3. The van der Waals surface area contributed by atoms with Crippen molar-refractivity contribution >= 4 is 15.9 Å². The molecule has 1 aromatic carbocycles. The summed E-state index contributed by atoms with van der Waals surface area (Å²) in [5.41, 5.74) is 2.40. The number of hydrogen-bond donors (Lipinski definition) is 1. The molecule has 0 radical (unpaired) electrons. The second-order valence-corrected chi connectivity index (χ2v) is 4.82. The minimum atomic E-state index is 0.185. The Hall–Kier alpha value is -1.06. The lowest BCUT2D eigenvalue weighted by atomic mass is 10.0. The third kappa shape index (κ3) is 2.99. The van der Waals surface area contributed by atoms with Crippen molar-refractivity contribution in [3.8, 4) is 0 Å². The Labute approximate surface area is 110 Å². The molecule has 3 heteroatoms. The van der Waals surface area contributed by atoms with Crippen LogP contribution in [0.15, 0.2) is 51.7 Å². The molecular weight excluding hydrogens is 278 g/mol. The summed E-state index contributed by atoms with van der Waals surface area (Å²) in [4.78, 5) is 0. The minimum absolute atomic E-state index is 0.185. The summed E-state index contributed by atoms with van der Waals surface area (Å²) < 4.78 is 6.30. The average molecular weight is 294 g/mol. The molecule has 2 nitrogen and oxygen atoms in total. The fourth-order valence-electron chi connectivity index (χ4n) is 1.84. The van der Waals surface area contributed by atoms with Crippen LogP contribution in [-0.4, -0.2) is 6.54 Å². The van der Waals surface area contributed by atoms with E-state index in [2.05, 4.69) is 46.4 Å². The van der Waals surface area contributed by atoms with Crippen molar-refractivity contribution in [1.29, 1.82) is 0 Å². The molecule has 2 rings (SSSR count). The van der Waals surface area contributed by atoms with Gasteiger partial charge in [0.25, 0.3) is 0 Å². The molecule has 0 amide bonds. The van der Waals surface area contributed by atoms with Crippen LogP contribution in [0.2, 0.25) is 0 Å². The quantitative estimate of drug-likeness (QED) is 0.897. The van der Waals surface area contributed by atoms with Crippen LogP contribution in [0, 0.1) is 0 Å². The topological polar surface area (TPSA) is 25.2 Å². The maximum Gasteiger partial charge on any atom is 0.0953 e. The van der Waals surface area contributed by atoms with E-state index in [1.165, 1.54) is 5.56 Å². The lowest BCUT2D eigenvalue weighted by molar-refractivity contribution is 0.548. The van der Waals surface area contributed by atoms with Crippen molar-refractivity contribution in [2.24, 2.45) is 0 Å². The Kier molecular flexibility index (Phi) is 4.40. The molecule has 0 aliphatic heterocycles. The molecule has 1 atom stereocenters. The second-order valence-electron chi connectivity index (χ2n) is 3.97. The first-order valence-corrected chi connectivity index (χ1v) is 6.62. The summed E-state index contributed by atoms with van der Waals surface area (Å²) >= 11 is 3.60. The predicted molar refractivity (Wildman–Crippen MR) is 73.0 cm³/mol. The molecule has 0 aliphatic carbocycles. The normalized spacial score (nSPS) is 12.6. The van der Waals surface area contributed by atoms with E-state index >= 15 is 0 Å². The van der Waals surface area contributed by atoms with Gasteiger partial charge in [-0.05, 0) is 30.7 Å². The van der Waals surface area contributed by atoms with Crippen molar-refractivity contribution in [3.05, 3.63) is 58.5 Å². The van der Waals surface area contributed by atoms with Gasteiger partial charge < -0.3 is 9.73 Å². The number of hydrogen-bond acceptors (Lipinski definition) is 2. The van der Waals surface area contributed by atoms with Crippen LogP contribution in [-0.2, 0) is 0 Å². The van der Waals surface area contributed by atoms with Crippen LogP contribution in [0.5, 0.6) is 0 Å². The van der Waals surface area contributed by atoms with Crippen molar-refractivity contribution in [3.63, 3.8) is 0 Å². The molecule has 2 aromatic rings. The summed E-state index contributed by atoms with van der Waals surface area (Å²) in [6.45, 7) is 3.15. The van der Waals surface area contributed by atoms with Gasteiger partial charge in [0, 0.05) is 10.0 Å². The Bertz CT molecular complexity index is 453. The van der Waals surface area contributed by atoms with Gasteiger partial charge in [-0.15, -0.1) is 0 Å². The van der Waals surface area contributed by atoms with Crippen LogP contribution in [0.1, 0.15) is 30.5 Å². The fraction of sp³-hybridized carbons (Fsp3) is 0.286. The highest BCUT2D eigenvalue weighted by Gasteiger charge is 2.16. The zero-order valence-corrected chi connectivity index (χ0v) is 11.4. The third-order valence-electron chi connectivity index (χ3n) is 2.69. The van der Waals surface area contributed by atoms with Crippen LogP contribution in [0.4, 0.5) is 0 Å². The van der Waals surface area contributed by atoms with Gasteiger partial charge in [-0.25, -0.2) is 0 Å². The Balaban J connectivity index is 2.30. The lowest BCUT2D eigenvalue weighted by Crippen LogP contribution is -2.23. The highest BCUT2D eigenvalue weighted by Crippen LogP contribution is 2.28. The van der Waals surface area contributed by atoms with E-state index in [4.69, 9.17) is 4.42 Å². The molecule has 1 heterocycles. The van der Waals surface area contributed by atoms with Crippen LogP contribution >= 0.6 is 15.9 Å². The summed E-state index contributed by atoms with van der Waals surface area (Å²) in [6.07, 6.45) is 4.62. The van der Waals surface area contributed by atoms with Gasteiger partial charge in [0.2, 0.25) is 0 Å². The number of halogens is 1. The summed E-state index contributed by atoms with van der Waals surface area (Å²) in [7, 11) is 0. The number of furan rings is 1. The van der Waals surface area contributed by atoms with E-state index < -0.39 is 0 Å². The van der Waals surface area contributed by atoms with E-state index in [0.29, 0.717) is 0 Å². The molecule has 0 saturated heterocycles. The van der Waals surface area contributed by atoms with E-state index in [1.54, 1.807) is 12.5 Å². The van der Waals surface area contributed by atoms with Gasteiger partial charge in [0.05, 0.1) is 18.6 Å². The van der Waals surface area contributed by atoms with Gasteiger partial charge in [-0.3, -0.25) is 0 Å². The van der Waals surface area contributed by atoms with E-state index in [9.17, 15) is 0 Å². The first kappa shape index (κ1) is 12.4. The maximum atomic E-state index is 5.18. The van der Waals surface area contributed by atoms with E-state index in [0.717, 1.165) is 23.0 Å². The maximum absolute atomic E-state index is 5.18. The molecule has 90 valence electrons. The molecule has 17 heavy (non-hydrogen) atoms. The van der Waals surface area contributed by atoms with Crippen LogP contribution in [0.25, 0.3) is 0 Å². The van der Waals surface area contributed by atoms with Crippen molar-refractivity contribution in [1.82, 2.24) is 5.32 Å². The Morgan fingerprint density at radius 3 is 2.76 bits per heavy atom.